The zero-order chi connectivity index (χ0) is 12.3. The Bertz CT molecular complexity index is 576. The summed E-state index contributed by atoms with van der Waals surface area (Å²) in [4.78, 5) is 11.7. The van der Waals surface area contributed by atoms with E-state index in [1.807, 2.05) is 6.07 Å². The first kappa shape index (κ1) is 10.9. The van der Waals surface area contributed by atoms with Gasteiger partial charge >= 0.3 is 0 Å². The highest BCUT2D eigenvalue weighted by atomic mass is 16.2. The maximum absolute atomic E-state index is 11.7. The third-order valence-corrected chi connectivity index (χ3v) is 2.06. The second-order valence-electron chi connectivity index (χ2n) is 3.39. The van der Waals surface area contributed by atoms with E-state index in [1.54, 1.807) is 36.3 Å². The summed E-state index contributed by atoms with van der Waals surface area (Å²) in [6, 6.07) is 5.19. The molecule has 0 saturated heterocycles. The molecular formula is C10H10N6O. The van der Waals surface area contributed by atoms with Crippen molar-refractivity contribution in [3.8, 4) is 6.07 Å². The fraction of sp³-hybridized carbons (Fsp3) is 0.200. The highest BCUT2D eigenvalue weighted by Gasteiger charge is 2.10. The number of aryl methyl sites for hydroxylation is 1. The third-order valence-electron chi connectivity index (χ3n) is 2.06. The van der Waals surface area contributed by atoms with E-state index in [0.29, 0.717) is 11.5 Å². The van der Waals surface area contributed by atoms with Gasteiger partial charge in [-0.2, -0.15) is 15.5 Å². The van der Waals surface area contributed by atoms with E-state index in [2.05, 4.69) is 15.5 Å². The molecule has 17 heavy (non-hydrogen) atoms. The van der Waals surface area contributed by atoms with Crippen molar-refractivity contribution in [1.29, 1.82) is 5.26 Å². The molecule has 1 amide bonds. The molecule has 0 aromatic carbocycles. The third kappa shape index (κ3) is 2.49. The van der Waals surface area contributed by atoms with Crippen LogP contribution in [0.5, 0.6) is 0 Å². The summed E-state index contributed by atoms with van der Waals surface area (Å²) in [7, 11) is 1.73. The van der Waals surface area contributed by atoms with Crippen LogP contribution in [-0.4, -0.2) is 25.5 Å². The van der Waals surface area contributed by atoms with Crippen LogP contribution in [0.1, 0.15) is 10.5 Å². The first-order chi connectivity index (χ1) is 8.19. The van der Waals surface area contributed by atoms with Crippen molar-refractivity contribution >= 4 is 11.7 Å². The standard InChI is InChI=1S/C10H10N6O/c1-15-5-2-8(13-15)10(17)12-9-3-6-16(14-9)7-4-11/h2-3,5-6H,7H2,1H3,(H,12,14,17). The zero-order valence-corrected chi connectivity index (χ0v) is 9.16. The van der Waals surface area contributed by atoms with Crippen molar-refractivity contribution in [1.82, 2.24) is 19.6 Å². The quantitative estimate of drug-likeness (QED) is 0.826. The number of hydrogen-bond acceptors (Lipinski definition) is 4. The largest absolute Gasteiger partial charge is 0.304 e. The van der Waals surface area contributed by atoms with E-state index >= 15 is 0 Å². The lowest BCUT2D eigenvalue weighted by Gasteiger charge is -1.97. The van der Waals surface area contributed by atoms with Gasteiger partial charge < -0.3 is 5.32 Å². The Kier molecular flexibility index (Phi) is 2.87. The van der Waals surface area contributed by atoms with Crippen LogP contribution in [0.4, 0.5) is 5.82 Å². The second-order valence-corrected chi connectivity index (χ2v) is 3.39. The number of rotatable bonds is 3. The van der Waals surface area contributed by atoms with Crippen LogP contribution >= 0.6 is 0 Å². The molecule has 2 heterocycles. The fourth-order valence-electron chi connectivity index (χ4n) is 1.31. The van der Waals surface area contributed by atoms with E-state index in [0.717, 1.165) is 0 Å². The van der Waals surface area contributed by atoms with Crippen LogP contribution in [-0.2, 0) is 13.6 Å². The lowest BCUT2D eigenvalue weighted by Crippen LogP contribution is -2.13. The number of carbonyl (C=O) groups is 1. The summed E-state index contributed by atoms with van der Waals surface area (Å²) in [6.07, 6.45) is 3.31. The summed E-state index contributed by atoms with van der Waals surface area (Å²) in [6.45, 7) is 0.152. The highest BCUT2D eigenvalue weighted by Crippen LogP contribution is 2.04. The van der Waals surface area contributed by atoms with Crippen molar-refractivity contribution in [2.24, 2.45) is 7.05 Å². The molecule has 0 fully saturated rings. The molecule has 0 radical (unpaired) electrons. The number of nitriles is 1. The van der Waals surface area contributed by atoms with E-state index in [9.17, 15) is 4.79 Å². The molecule has 2 rings (SSSR count). The Hall–Kier alpha value is -2.62. The van der Waals surface area contributed by atoms with Crippen molar-refractivity contribution in [2.75, 3.05) is 5.32 Å². The monoisotopic (exact) mass is 230 g/mol. The second kappa shape index (κ2) is 4.49. The van der Waals surface area contributed by atoms with E-state index in [4.69, 9.17) is 5.26 Å². The van der Waals surface area contributed by atoms with Crippen molar-refractivity contribution < 1.29 is 4.79 Å². The Morgan fingerprint density at radius 2 is 2.29 bits per heavy atom. The predicted molar refractivity (Wildman–Crippen MR) is 59.0 cm³/mol. The van der Waals surface area contributed by atoms with Crippen LogP contribution in [0.2, 0.25) is 0 Å². The number of nitrogens with one attached hydrogen (secondary N) is 1. The Morgan fingerprint density at radius 3 is 2.94 bits per heavy atom. The van der Waals surface area contributed by atoms with Gasteiger partial charge in [-0.25, -0.2) is 0 Å². The van der Waals surface area contributed by atoms with Crippen molar-refractivity contribution in [3.63, 3.8) is 0 Å². The average Bonchev–Trinajstić information content (AvgIpc) is 2.88. The van der Waals surface area contributed by atoms with E-state index in [-0.39, 0.29) is 12.5 Å². The minimum atomic E-state index is -0.326. The van der Waals surface area contributed by atoms with Gasteiger partial charge in [-0.05, 0) is 6.07 Å². The minimum Gasteiger partial charge on any atom is -0.304 e. The van der Waals surface area contributed by atoms with Gasteiger partial charge in [0.1, 0.15) is 6.54 Å². The maximum Gasteiger partial charge on any atom is 0.277 e. The topological polar surface area (TPSA) is 88.5 Å². The first-order valence-corrected chi connectivity index (χ1v) is 4.90. The smallest absolute Gasteiger partial charge is 0.277 e. The van der Waals surface area contributed by atoms with Crippen LogP contribution in [0, 0.1) is 11.3 Å². The Balaban J connectivity index is 2.05. The molecule has 1 N–H and O–H groups in total. The van der Waals surface area contributed by atoms with Gasteiger partial charge in [-0.1, -0.05) is 0 Å². The molecule has 0 bridgehead atoms. The van der Waals surface area contributed by atoms with Gasteiger partial charge in [0.05, 0.1) is 6.07 Å². The summed E-state index contributed by atoms with van der Waals surface area (Å²) >= 11 is 0. The molecule has 0 unspecified atom stereocenters. The molecule has 2 aromatic heterocycles. The number of nitrogens with zero attached hydrogens (tertiary/aromatic N) is 5. The number of carbonyl (C=O) groups excluding carboxylic acids is 1. The molecule has 0 spiro atoms. The normalized spacial score (nSPS) is 9.88. The molecule has 0 aliphatic carbocycles. The average molecular weight is 230 g/mol. The minimum absolute atomic E-state index is 0.152. The van der Waals surface area contributed by atoms with Gasteiger partial charge in [0.15, 0.2) is 11.5 Å². The van der Waals surface area contributed by atoms with Crippen molar-refractivity contribution in [2.45, 2.75) is 6.54 Å². The summed E-state index contributed by atoms with van der Waals surface area (Å²) < 4.78 is 2.98. The number of anilines is 1. The highest BCUT2D eigenvalue weighted by molar-refractivity contribution is 6.02. The lowest BCUT2D eigenvalue weighted by atomic mass is 10.4. The van der Waals surface area contributed by atoms with E-state index in [1.165, 1.54) is 4.68 Å². The van der Waals surface area contributed by atoms with Gasteiger partial charge in [0.25, 0.3) is 5.91 Å². The fourth-order valence-corrected chi connectivity index (χ4v) is 1.31. The van der Waals surface area contributed by atoms with E-state index < -0.39 is 0 Å². The molecule has 7 heteroatoms. The molecular weight excluding hydrogens is 220 g/mol. The molecule has 86 valence electrons. The molecule has 0 aliphatic rings. The SMILES string of the molecule is Cn1ccc(C(=O)Nc2ccn(CC#N)n2)n1. The van der Waals surface area contributed by atoms with Gasteiger partial charge in [-0.3, -0.25) is 14.2 Å². The predicted octanol–water partition coefficient (Wildman–Crippen LogP) is 0.392. The number of hydrogen-bond donors (Lipinski definition) is 1. The van der Waals surface area contributed by atoms with Crippen LogP contribution in [0.25, 0.3) is 0 Å². The zero-order valence-electron chi connectivity index (χ0n) is 9.16. The summed E-state index contributed by atoms with van der Waals surface area (Å²) in [5.41, 5.74) is 0.322. The first-order valence-electron chi connectivity index (χ1n) is 4.90. The lowest BCUT2D eigenvalue weighted by molar-refractivity contribution is 0.102. The Labute approximate surface area is 97.3 Å². The van der Waals surface area contributed by atoms with Crippen LogP contribution in [0.15, 0.2) is 24.5 Å². The van der Waals surface area contributed by atoms with Crippen molar-refractivity contribution in [3.05, 3.63) is 30.2 Å². The van der Waals surface area contributed by atoms with Gasteiger partial charge in [0, 0.05) is 25.5 Å². The molecule has 7 nitrogen and oxygen atoms in total. The number of amides is 1. The van der Waals surface area contributed by atoms with Gasteiger partial charge in [-0.15, -0.1) is 0 Å². The summed E-state index contributed by atoms with van der Waals surface area (Å²) in [5.74, 6) is 0.0729. The Morgan fingerprint density at radius 1 is 1.47 bits per heavy atom. The van der Waals surface area contributed by atoms with Crippen LogP contribution in [0.3, 0.4) is 0 Å². The molecule has 0 atom stereocenters. The van der Waals surface area contributed by atoms with Crippen LogP contribution < -0.4 is 5.32 Å². The molecule has 0 aliphatic heterocycles. The van der Waals surface area contributed by atoms with Gasteiger partial charge in [0.2, 0.25) is 0 Å². The molecule has 0 saturated carbocycles. The summed E-state index contributed by atoms with van der Waals surface area (Å²) in [5, 5.41) is 19.0. The number of aromatic nitrogens is 4. The maximum atomic E-state index is 11.7. The molecule has 2 aromatic rings.